The first kappa shape index (κ1) is 4.43. The van der Waals surface area contributed by atoms with Crippen LogP contribution in [0.15, 0.2) is 12.5 Å². The van der Waals surface area contributed by atoms with Gasteiger partial charge < -0.3 is 4.98 Å². The molecule has 9 heavy (non-hydrogen) atoms. The summed E-state index contributed by atoms with van der Waals surface area (Å²) in [6.07, 6.45) is 3.07. The summed E-state index contributed by atoms with van der Waals surface area (Å²) in [4.78, 5) is 6.71. The van der Waals surface area contributed by atoms with Gasteiger partial charge in [-0.05, 0) is 0 Å². The maximum Gasteiger partial charge on any atom is 0.200 e. The van der Waals surface area contributed by atoms with Crippen LogP contribution in [0.1, 0.15) is 0 Å². The lowest BCUT2D eigenvalue weighted by Gasteiger charge is -1.78. The van der Waals surface area contributed by atoms with Crippen LogP contribution < -0.4 is 0 Å². The van der Waals surface area contributed by atoms with Gasteiger partial charge in [0.05, 0.1) is 18.0 Å². The molecule has 0 fully saturated rings. The molecule has 4 heteroatoms. The van der Waals surface area contributed by atoms with Gasteiger partial charge in [-0.3, -0.25) is 0 Å². The molecule has 2 aromatic rings. The molecule has 0 aliphatic carbocycles. The van der Waals surface area contributed by atoms with Gasteiger partial charge in [-0.1, -0.05) is 0 Å². The Kier molecular flexibility index (Phi) is 0.745. The van der Waals surface area contributed by atoms with Gasteiger partial charge in [0, 0.05) is 6.07 Å². The minimum absolute atomic E-state index is 0.609. The van der Waals surface area contributed by atoms with E-state index in [0.29, 0.717) is 5.65 Å². The van der Waals surface area contributed by atoms with E-state index in [-0.39, 0.29) is 0 Å². The van der Waals surface area contributed by atoms with Gasteiger partial charge in [-0.25, -0.2) is 4.98 Å². The summed E-state index contributed by atoms with van der Waals surface area (Å²) in [6.45, 7) is 0. The second-order valence-corrected chi connectivity index (χ2v) is 1.59. The van der Waals surface area contributed by atoms with Crippen molar-refractivity contribution in [3.05, 3.63) is 18.6 Å². The average molecular weight is 119 g/mol. The van der Waals surface area contributed by atoms with Crippen molar-refractivity contribution in [2.75, 3.05) is 0 Å². The lowest BCUT2D eigenvalue weighted by Crippen LogP contribution is -1.79. The number of aromatic nitrogens is 4. The van der Waals surface area contributed by atoms with Gasteiger partial charge >= 0.3 is 0 Å². The monoisotopic (exact) mass is 119 g/mol. The first-order valence-corrected chi connectivity index (χ1v) is 2.49. The summed E-state index contributed by atoms with van der Waals surface area (Å²) in [6, 6.07) is 2.84. The van der Waals surface area contributed by atoms with Crippen molar-refractivity contribution in [2.24, 2.45) is 0 Å². The smallest absolute Gasteiger partial charge is 0.200 e. The minimum Gasteiger partial charge on any atom is -0.343 e. The standard InChI is InChI=1S/C5H3N4/c1-2-8-9-5-4(1)6-3-7-5/h2-3H,(H,6,7,9). The number of nitrogens with zero attached hydrogens (tertiary/aromatic N) is 3. The van der Waals surface area contributed by atoms with Crippen LogP contribution in [0.2, 0.25) is 0 Å². The molecule has 0 saturated carbocycles. The molecule has 0 aliphatic heterocycles. The Balaban J connectivity index is 2.95. The van der Waals surface area contributed by atoms with E-state index in [0.717, 1.165) is 5.52 Å². The molecule has 0 saturated heterocycles. The Hall–Kier alpha value is -1.45. The van der Waals surface area contributed by atoms with Crippen molar-refractivity contribution in [1.82, 2.24) is 20.2 Å². The van der Waals surface area contributed by atoms with Crippen molar-refractivity contribution in [3.8, 4) is 0 Å². The van der Waals surface area contributed by atoms with Crippen molar-refractivity contribution >= 4 is 11.2 Å². The van der Waals surface area contributed by atoms with E-state index in [9.17, 15) is 0 Å². The Labute approximate surface area is 50.9 Å². The van der Waals surface area contributed by atoms with Gasteiger partial charge in [0.15, 0.2) is 5.65 Å². The van der Waals surface area contributed by atoms with Gasteiger partial charge in [-0.2, -0.15) is 5.10 Å². The summed E-state index contributed by atoms with van der Waals surface area (Å²) in [5, 5.41) is 7.31. The highest BCUT2D eigenvalue weighted by atomic mass is 15.1. The molecule has 0 unspecified atom stereocenters. The van der Waals surface area contributed by atoms with Gasteiger partial charge in [-0.15, -0.1) is 5.10 Å². The molecule has 1 N–H and O–H groups in total. The number of hydrogen-bond donors (Lipinski definition) is 1. The molecule has 4 nitrogen and oxygen atoms in total. The lowest BCUT2D eigenvalue weighted by molar-refractivity contribution is 1.06. The first-order chi connectivity index (χ1) is 4.47. The number of aromatic amines is 1. The van der Waals surface area contributed by atoms with Crippen LogP contribution in [0.25, 0.3) is 11.2 Å². The highest BCUT2D eigenvalue weighted by molar-refractivity contribution is 5.67. The van der Waals surface area contributed by atoms with Crippen molar-refractivity contribution in [1.29, 1.82) is 0 Å². The fraction of sp³-hybridized carbons (Fsp3) is 0. The molecule has 0 amide bonds. The van der Waals surface area contributed by atoms with E-state index in [1.54, 1.807) is 6.33 Å². The maximum atomic E-state index is 3.86. The van der Waals surface area contributed by atoms with Crippen molar-refractivity contribution < 1.29 is 0 Å². The topological polar surface area (TPSA) is 54.5 Å². The number of imidazole rings is 1. The average Bonchev–Trinajstić information content (AvgIpc) is 2.33. The van der Waals surface area contributed by atoms with E-state index in [1.165, 1.54) is 6.20 Å². The fourth-order valence-corrected chi connectivity index (χ4v) is 0.646. The molecule has 2 aromatic heterocycles. The SMILES string of the molecule is [c]1cnnc2nc[nH]c12. The van der Waals surface area contributed by atoms with Crippen LogP contribution in [0.5, 0.6) is 0 Å². The largest absolute Gasteiger partial charge is 0.343 e. The predicted molar refractivity (Wildman–Crippen MR) is 30.5 cm³/mol. The van der Waals surface area contributed by atoms with Gasteiger partial charge in [0.2, 0.25) is 0 Å². The second-order valence-electron chi connectivity index (χ2n) is 1.59. The highest BCUT2D eigenvalue weighted by Gasteiger charge is 1.92. The van der Waals surface area contributed by atoms with Gasteiger partial charge in [0.25, 0.3) is 0 Å². The fourth-order valence-electron chi connectivity index (χ4n) is 0.646. The number of nitrogens with one attached hydrogen (secondary N) is 1. The van der Waals surface area contributed by atoms with E-state index >= 15 is 0 Å². The summed E-state index contributed by atoms with van der Waals surface area (Å²) in [5.74, 6) is 0. The lowest BCUT2D eigenvalue weighted by atomic mass is 10.5. The summed E-state index contributed by atoms with van der Waals surface area (Å²) in [7, 11) is 0. The van der Waals surface area contributed by atoms with E-state index in [2.05, 4.69) is 26.2 Å². The molecule has 0 aromatic carbocycles. The molecule has 1 radical (unpaired) electrons. The number of fused-ring (bicyclic) bond motifs is 1. The maximum absolute atomic E-state index is 3.86. The molecule has 0 aliphatic rings. The Morgan fingerprint density at radius 2 is 2.56 bits per heavy atom. The summed E-state index contributed by atoms with van der Waals surface area (Å²) < 4.78 is 0. The zero-order valence-corrected chi connectivity index (χ0v) is 4.50. The molecular formula is C5H3N4. The molecule has 0 bridgehead atoms. The number of rotatable bonds is 0. The third-order valence-electron chi connectivity index (χ3n) is 1.04. The van der Waals surface area contributed by atoms with Crippen LogP contribution >= 0.6 is 0 Å². The van der Waals surface area contributed by atoms with Crippen LogP contribution in [0.4, 0.5) is 0 Å². The van der Waals surface area contributed by atoms with Crippen molar-refractivity contribution in [3.63, 3.8) is 0 Å². The van der Waals surface area contributed by atoms with Crippen LogP contribution in [-0.2, 0) is 0 Å². The molecule has 2 heterocycles. The molecular weight excluding hydrogens is 116 g/mol. The van der Waals surface area contributed by atoms with Gasteiger partial charge in [0.1, 0.15) is 0 Å². The van der Waals surface area contributed by atoms with E-state index < -0.39 is 0 Å². The van der Waals surface area contributed by atoms with Crippen LogP contribution in [0, 0.1) is 6.07 Å². The molecule has 0 atom stereocenters. The molecule has 43 valence electrons. The number of H-pyrrole nitrogens is 1. The Morgan fingerprint density at radius 3 is 3.44 bits per heavy atom. The normalized spacial score (nSPS) is 10.2. The zero-order valence-electron chi connectivity index (χ0n) is 4.50. The van der Waals surface area contributed by atoms with E-state index in [4.69, 9.17) is 0 Å². The minimum atomic E-state index is 0.609. The second kappa shape index (κ2) is 1.51. The van der Waals surface area contributed by atoms with Crippen molar-refractivity contribution in [2.45, 2.75) is 0 Å². The third-order valence-corrected chi connectivity index (χ3v) is 1.04. The van der Waals surface area contributed by atoms with Crippen LogP contribution in [0.3, 0.4) is 0 Å². The molecule has 0 spiro atoms. The Bertz CT molecular complexity index is 283. The third kappa shape index (κ3) is 0.561. The Morgan fingerprint density at radius 1 is 1.56 bits per heavy atom. The quantitative estimate of drug-likeness (QED) is 0.537. The highest BCUT2D eigenvalue weighted by Crippen LogP contribution is 1.98. The number of hydrogen-bond acceptors (Lipinski definition) is 3. The summed E-state index contributed by atoms with van der Waals surface area (Å²) in [5.41, 5.74) is 1.41. The van der Waals surface area contributed by atoms with E-state index in [1.807, 2.05) is 0 Å². The predicted octanol–water partition coefficient (Wildman–Crippen LogP) is 0.153. The summed E-state index contributed by atoms with van der Waals surface area (Å²) >= 11 is 0. The molecule has 2 rings (SSSR count). The zero-order chi connectivity index (χ0) is 6.10. The first-order valence-electron chi connectivity index (χ1n) is 2.49. The van der Waals surface area contributed by atoms with Crippen LogP contribution in [-0.4, -0.2) is 20.2 Å².